The van der Waals surface area contributed by atoms with E-state index in [4.69, 9.17) is 22.8 Å². The van der Waals surface area contributed by atoms with Gasteiger partial charge >= 0.3 is 5.97 Å². The molecule has 1 spiro atoms. The molecule has 4 rings (SSSR count). The Morgan fingerprint density at radius 1 is 1.00 bits per heavy atom. The Hall–Kier alpha value is -0.523. The standard InChI is InChI=1S/C30H54O8SSi/c1-21(31)37-26-24(11-15-29(6)25(26)12-16-30(29)34-18-19-35-30)28(5)14-10-23(38-40(8,9)27(2,3)4)20-22(28)13-17-36-39(7,32)33/h22-26H,10-20H2,1-9H3/t22-,23-,24-,25-,26+,28-,29-/m0/s1. The Bertz CT molecular complexity index is 1030. The van der Waals surface area contributed by atoms with E-state index in [2.05, 4.69) is 47.7 Å². The molecule has 40 heavy (non-hydrogen) atoms. The molecule has 0 aromatic rings. The first kappa shape index (κ1) is 32.4. The summed E-state index contributed by atoms with van der Waals surface area (Å²) in [4.78, 5) is 12.5. The van der Waals surface area contributed by atoms with Crippen molar-refractivity contribution in [3.05, 3.63) is 0 Å². The van der Waals surface area contributed by atoms with Gasteiger partial charge in [0.2, 0.25) is 0 Å². The lowest BCUT2D eigenvalue weighted by Crippen LogP contribution is -2.58. The van der Waals surface area contributed by atoms with Crippen LogP contribution >= 0.6 is 0 Å². The highest BCUT2D eigenvalue weighted by atomic mass is 32.2. The van der Waals surface area contributed by atoms with Crippen LogP contribution in [0.4, 0.5) is 0 Å². The molecule has 4 aliphatic rings. The van der Waals surface area contributed by atoms with Crippen molar-refractivity contribution in [1.82, 2.24) is 0 Å². The monoisotopic (exact) mass is 602 g/mol. The number of ether oxygens (including phenoxy) is 3. The van der Waals surface area contributed by atoms with Crippen LogP contribution < -0.4 is 0 Å². The predicted octanol–water partition coefficient (Wildman–Crippen LogP) is 6.05. The summed E-state index contributed by atoms with van der Waals surface area (Å²) in [6.45, 7) is 18.9. The lowest BCUT2D eigenvalue weighted by molar-refractivity contribution is -0.252. The summed E-state index contributed by atoms with van der Waals surface area (Å²) in [6.07, 6.45) is 7.98. The van der Waals surface area contributed by atoms with E-state index < -0.39 is 24.2 Å². The Kier molecular flexibility index (Phi) is 9.07. The van der Waals surface area contributed by atoms with Gasteiger partial charge in [0.1, 0.15) is 6.10 Å². The smallest absolute Gasteiger partial charge is 0.302 e. The van der Waals surface area contributed by atoms with Crippen LogP contribution in [0.15, 0.2) is 0 Å². The zero-order chi connectivity index (χ0) is 29.8. The minimum Gasteiger partial charge on any atom is -0.462 e. The van der Waals surface area contributed by atoms with Gasteiger partial charge in [-0.15, -0.1) is 0 Å². The molecule has 232 valence electrons. The maximum absolute atomic E-state index is 12.5. The largest absolute Gasteiger partial charge is 0.462 e. The van der Waals surface area contributed by atoms with Gasteiger partial charge in [-0.3, -0.25) is 8.98 Å². The van der Waals surface area contributed by atoms with Gasteiger partial charge in [0.25, 0.3) is 10.1 Å². The van der Waals surface area contributed by atoms with Crippen molar-refractivity contribution >= 4 is 24.4 Å². The Labute approximate surface area is 243 Å². The number of fused-ring (bicyclic) bond motifs is 2. The fourth-order valence-electron chi connectivity index (χ4n) is 8.38. The molecule has 3 saturated carbocycles. The molecule has 0 radical (unpaired) electrons. The summed E-state index contributed by atoms with van der Waals surface area (Å²) >= 11 is 0. The van der Waals surface area contributed by atoms with Gasteiger partial charge in [-0.25, -0.2) is 0 Å². The summed E-state index contributed by atoms with van der Waals surface area (Å²) < 4.78 is 54.7. The number of carbonyl (C=O) groups is 1. The van der Waals surface area contributed by atoms with E-state index in [1.54, 1.807) is 0 Å². The minimum absolute atomic E-state index is 0.111. The van der Waals surface area contributed by atoms with Crippen LogP contribution in [0.5, 0.6) is 0 Å². The predicted molar refractivity (Wildman–Crippen MR) is 157 cm³/mol. The van der Waals surface area contributed by atoms with Gasteiger partial charge in [0, 0.05) is 36.7 Å². The molecule has 8 nitrogen and oxygen atoms in total. The van der Waals surface area contributed by atoms with E-state index in [1.807, 2.05) is 0 Å². The van der Waals surface area contributed by atoms with Crippen LogP contribution in [0.2, 0.25) is 18.1 Å². The highest BCUT2D eigenvalue weighted by molar-refractivity contribution is 7.85. The topological polar surface area (TPSA) is 97.4 Å². The van der Waals surface area contributed by atoms with Crippen LogP contribution in [-0.4, -0.2) is 66.8 Å². The van der Waals surface area contributed by atoms with Gasteiger partial charge in [0.15, 0.2) is 14.1 Å². The average Bonchev–Trinajstić information content (AvgIpc) is 3.40. The number of hydrogen-bond acceptors (Lipinski definition) is 8. The van der Waals surface area contributed by atoms with Crippen LogP contribution in [0, 0.1) is 28.6 Å². The maximum atomic E-state index is 12.5. The summed E-state index contributed by atoms with van der Waals surface area (Å²) in [5.41, 5.74) is -0.364. The molecule has 10 heteroatoms. The second kappa shape index (κ2) is 11.2. The second-order valence-corrected chi connectivity index (χ2v) is 21.4. The van der Waals surface area contributed by atoms with E-state index in [1.165, 1.54) is 6.92 Å². The quantitative estimate of drug-likeness (QED) is 0.188. The van der Waals surface area contributed by atoms with E-state index >= 15 is 0 Å². The van der Waals surface area contributed by atoms with Crippen molar-refractivity contribution < 1.29 is 36.0 Å². The van der Waals surface area contributed by atoms with Gasteiger partial charge in [-0.05, 0) is 74.4 Å². The van der Waals surface area contributed by atoms with E-state index in [0.717, 1.165) is 51.2 Å². The van der Waals surface area contributed by atoms with Gasteiger partial charge in [-0.2, -0.15) is 8.42 Å². The molecule has 0 bridgehead atoms. The van der Waals surface area contributed by atoms with Gasteiger partial charge in [0.05, 0.1) is 26.1 Å². The molecule has 0 N–H and O–H groups in total. The highest BCUT2D eigenvalue weighted by Gasteiger charge is 2.67. The molecule has 0 aromatic carbocycles. The first-order valence-electron chi connectivity index (χ1n) is 15.3. The molecule has 1 aliphatic heterocycles. The number of carbonyl (C=O) groups excluding carboxylic acids is 1. The zero-order valence-electron chi connectivity index (χ0n) is 26.3. The van der Waals surface area contributed by atoms with Crippen molar-refractivity contribution in [3.8, 4) is 0 Å². The summed E-state index contributed by atoms with van der Waals surface area (Å²) in [5.74, 6) is -0.343. The molecule has 1 saturated heterocycles. The molecular weight excluding hydrogens is 548 g/mol. The summed E-state index contributed by atoms with van der Waals surface area (Å²) in [6, 6.07) is 0. The van der Waals surface area contributed by atoms with Gasteiger partial charge < -0.3 is 18.6 Å². The second-order valence-electron chi connectivity index (χ2n) is 15.0. The maximum Gasteiger partial charge on any atom is 0.302 e. The van der Waals surface area contributed by atoms with Crippen molar-refractivity contribution in [3.63, 3.8) is 0 Å². The fourth-order valence-corrected chi connectivity index (χ4v) is 10.2. The number of hydrogen-bond donors (Lipinski definition) is 0. The highest BCUT2D eigenvalue weighted by Crippen LogP contribution is 2.65. The summed E-state index contributed by atoms with van der Waals surface area (Å²) in [7, 11) is -5.50. The lowest BCUT2D eigenvalue weighted by Gasteiger charge is -2.58. The van der Waals surface area contributed by atoms with Crippen molar-refractivity contribution in [1.29, 1.82) is 0 Å². The lowest BCUT2D eigenvalue weighted by atomic mass is 9.51. The van der Waals surface area contributed by atoms with Crippen molar-refractivity contribution in [2.24, 2.45) is 28.6 Å². The van der Waals surface area contributed by atoms with Crippen LogP contribution in [0.3, 0.4) is 0 Å². The summed E-state index contributed by atoms with van der Waals surface area (Å²) in [5, 5.41) is 0.111. The van der Waals surface area contributed by atoms with Crippen molar-refractivity contribution in [2.45, 2.75) is 129 Å². The van der Waals surface area contributed by atoms with E-state index in [9.17, 15) is 13.2 Å². The molecule has 1 heterocycles. The van der Waals surface area contributed by atoms with Crippen LogP contribution in [0.1, 0.15) is 92.9 Å². The fraction of sp³-hybridized carbons (Fsp3) is 0.967. The third-order valence-corrected chi connectivity index (χ3v) is 16.8. The first-order chi connectivity index (χ1) is 18.3. The molecule has 3 aliphatic carbocycles. The molecule has 0 amide bonds. The average molecular weight is 603 g/mol. The Morgan fingerprint density at radius 3 is 2.20 bits per heavy atom. The SMILES string of the molecule is CC(=O)O[C@@H]1[C@@H]([C@@]2(C)CC[C@H](O[Si](C)(C)C(C)(C)C)C[C@@H]2CCOS(C)(=O)=O)CC[C@@]2(C)[C@H]1CCC21OCCO1. The Balaban J connectivity index is 1.63. The van der Waals surface area contributed by atoms with Crippen LogP contribution in [-0.2, 0) is 37.7 Å². The zero-order valence-corrected chi connectivity index (χ0v) is 28.2. The van der Waals surface area contributed by atoms with E-state index in [0.29, 0.717) is 19.6 Å². The minimum atomic E-state index is -3.53. The van der Waals surface area contributed by atoms with Gasteiger partial charge in [-0.1, -0.05) is 34.6 Å². The first-order valence-corrected chi connectivity index (χ1v) is 20.0. The number of esters is 1. The van der Waals surface area contributed by atoms with Crippen molar-refractivity contribution in [2.75, 3.05) is 26.1 Å². The molecule has 4 fully saturated rings. The normalized spacial score (nSPS) is 38.4. The molecule has 0 aromatic heterocycles. The third kappa shape index (κ3) is 6.09. The number of rotatable bonds is 8. The molecule has 7 atom stereocenters. The third-order valence-electron chi connectivity index (χ3n) is 11.7. The van der Waals surface area contributed by atoms with E-state index in [-0.39, 0.29) is 58.4 Å². The Morgan fingerprint density at radius 2 is 1.62 bits per heavy atom. The molecule has 0 unspecified atom stereocenters. The van der Waals surface area contributed by atoms with Crippen LogP contribution in [0.25, 0.3) is 0 Å². The molecular formula is C30H54O8SSi.